The lowest BCUT2D eigenvalue weighted by Gasteiger charge is -2.11. The molecule has 0 saturated carbocycles. The average Bonchev–Trinajstić information content (AvgIpc) is 2.81. The van der Waals surface area contributed by atoms with Crippen LogP contribution in [0.2, 0.25) is 0 Å². The predicted octanol–water partition coefficient (Wildman–Crippen LogP) is 4.23. The van der Waals surface area contributed by atoms with Gasteiger partial charge in [-0.15, -0.1) is 0 Å². The van der Waals surface area contributed by atoms with E-state index in [0.717, 1.165) is 0 Å². The maximum absolute atomic E-state index is 13.7. The standard InChI is InChI=1S/C25H22FNO4/c1-30-23-14-8-6-11-19(23)15-21(18-9-3-2-4-10-18)25(29)31-17-24(28)27-16-20-12-5-7-13-22(20)26/h2-15H,16-17H2,1H3,(H,27,28)/b21-15+. The zero-order chi connectivity index (χ0) is 22.1. The molecule has 3 rings (SSSR count). The van der Waals surface area contributed by atoms with Gasteiger partial charge in [0.2, 0.25) is 0 Å². The van der Waals surface area contributed by atoms with E-state index in [4.69, 9.17) is 9.47 Å². The first kappa shape index (κ1) is 21.8. The van der Waals surface area contributed by atoms with Gasteiger partial charge in [-0.2, -0.15) is 0 Å². The van der Waals surface area contributed by atoms with Crippen LogP contribution in [-0.4, -0.2) is 25.6 Å². The van der Waals surface area contributed by atoms with Crippen LogP contribution in [0.1, 0.15) is 16.7 Å². The highest BCUT2D eigenvalue weighted by Crippen LogP contribution is 2.25. The summed E-state index contributed by atoms with van der Waals surface area (Å²) in [5.41, 5.74) is 1.98. The Morgan fingerprint density at radius 3 is 2.35 bits per heavy atom. The zero-order valence-corrected chi connectivity index (χ0v) is 17.0. The van der Waals surface area contributed by atoms with Gasteiger partial charge in [0.05, 0.1) is 12.7 Å². The van der Waals surface area contributed by atoms with Crippen molar-refractivity contribution >= 4 is 23.5 Å². The molecule has 0 saturated heterocycles. The Morgan fingerprint density at radius 2 is 1.61 bits per heavy atom. The van der Waals surface area contributed by atoms with E-state index in [9.17, 15) is 14.0 Å². The molecule has 0 spiro atoms. The van der Waals surface area contributed by atoms with Gasteiger partial charge in [-0.3, -0.25) is 4.79 Å². The molecule has 0 aliphatic carbocycles. The van der Waals surface area contributed by atoms with E-state index in [1.165, 1.54) is 6.07 Å². The number of rotatable bonds is 8. The van der Waals surface area contributed by atoms with Gasteiger partial charge in [0.15, 0.2) is 6.61 Å². The lowest BCUT2D eigenvalue weighted by molar-refractivity contribution is -0.142. The molecule has 0 bridgehead atoms. The van der Waals surface area contributed by atoms with Crippen molar-refractivity contribution in [1.29, 1.82) is 0 Å². The Bertz CT molecular complexity index is 1080. The van der Waals surface area contributed by atoms with Crippen molar-refractivity contribution in [2.45, 2.75) is 6.54 Å². The maximum atomic E-state index is 13.7. The minimum Gasteiger partial charge on any atom is -0.496 e. The van der Waals surface area contributed by atoms with Crippen LogP contribution in [-0.2, 0) is 20.9 Å². The van der Waals surface area contributed by atoms with Crippen molar-refractivity contribution in [3.8, 4) is 5.75 Å². The molecule has 158 valence electrons. The summed E-state index contributed by atoms with van der Waals surface area (Å²) in [4.78, 5) is 24.9. The summed E-state index contributed by atoms with van der Waals surface area (Å²) in [6.07, 6.45) is 1.66. The number of ether oxygens (including phenoxy) is 2. The van der Waals surface area contributed by atoms with Crippen LogP contribution in [0.3, 0.4) is 0 Å². The number of halogens is 1. The van der Waals surface area contributed by atoms with Crippen LogP contribution in [0, 0.1) is 5.82 Å². The second-order valence-electron chi connectivity index (χ2n) is 6.61. The molecule has 0 aliphatic heterocycles. The Balaban J connectivity index is 1.71. The molecule has 0 unspecified atom stereocenters. The Hall–Kier alpha value is -3.93. The fourth-order valence-electron chi connectivity index (χ4n) is 2.91. The number of nitrogens with one attached hydrogen (secondary N) is 1. The van der Waals surface area contributed by atoms with Crippen molar-refractivity contribution in [2.24, 2.45) is 0 Å². The van der Waals surface area contributed by atoms with Gasteiger partial charge in [0.1, 0.15) is 11.6 Å². The largest absolute Gasteiger partial charge is 0.496 e. The summed E-state index contributed by atoms with van der Waals surface area (Å²) in [5.74, 6) is -0.989. The van der Waals surface area contributed by atoms with Gasteiger partial charge < -0.3 is 14.8 Å². The van der Waals surface area contributed by atoms with E-state index in [-0.39, 0.29) is 12.1 Å². The maximum Gasteiger partial charge on any atom is 0.339 e. The van der Waals surface area contributed by atoms with Gasteiger partial charge in [-0.1, -0.05) is 66.7 Å². The quantitative estimate of drug-likeness (QED) is 0.337. The summed E-state index contributed by atoms with van der Waals surface area (Å²) >= 11 is 0. The highest BCUT2D eigenvalue weighted by atomic mass is 19.1. The second-order valence-corrected chi connectivity index (χ2v) is 6.61. The van der Waals surface area contributed by atoms with Crippen molar-refractivity contribution < 1.29 is 23.5 Å². The minimum absolute atomic E-state index is 0.00561. The Kier molecular flexibility index (Phi) is 7.54. The first-order valence-electron chi connectivity index (χ1n) is 9.66. The Morgan fingerprint density at radius 1 is 0.935 bits per heavy atom. The Labute approximate surface area is 180 Å². The number of hydrogen-bond acceptors (Lipinski definition) is 4. The normalized spacial score (nSPS) is 11.0. The molecule has 1 amide bonds. The van der Waals surface area contributed by atoms with Gasteiger partial charge in [0, 0.05) is 17.7 Å². The van der Waals surface area contributed by atoms with Crippen LogP contribution < -0.4 is 10.1 Å². The summed E-state index contributed by atoms with van der Waals surface area (Å²) in [5, 5.41) is 2.55. The molecule has 1 N–H and O–H groups in total. The number of carbonyl (C=O) groups is 2. The first-order valence-corrected chi connectivity index (χ1v) is 9.66. The number of carbonyl (C=O) groups excluding carboxylic acids is 2. The van der Waals surface area contributed by atoms with Crippen molar-refractivity contribution in [2.75, 3.05) is 13.7 Å². The van der Waals surface area contributed by atoms with Crippen molar-refractivity contribution in [1.82, 2.24) is 5.32 Å². The second kappa shape index (κ2) is 10.7. The summed E-state index contributed by atoms with van der Waals surface area (Å²) in [6.45, 7) is -0.477. The third-order valence-electron chi connectivity index (χ3n) is 4.51. The van der Waals surface area contributed by atoms with Crippen LogP contribution >= 0.6 is 0 Å². The number of para-hydroxylation sites is 1. The molecular weight excluding hydrogens is 397 g/mol. The third-order valence-corrected chi connectivity index (χ3v) is 4.51. The first-order chi connectivity index (χ1) is 15.1. The summed E-state index contributed by atoms with van der Waals surface area (Å²) in [6, 6.07) is 22.4. The molecule has 3 aromatic rings. The SMILES string of the molecule is COc1ccccc1/C=C(/C(=O)OCC(=O)NCc1ccccc1F)c1ccccc1. The lowest BCUT2D eigenvalue weighted by Crippen LogP contribution is -2.28. The van der Waals surface area contributed by atoms with Gasteiger partial charge >= 0.3 is 5.97 Å². The monoisotopic (exact) mass is 419 g/mol. The van der Waals surface area contributed by atoms with Crippen LogP contribution in [0.4, 0.5) is 4.39 Å². The fourth-order valence-corrected chi connectivity index (χ4v) is 2.91. The van der Waals surface area contributed by atoms with E-state index >= 15 is 0 Å². The topological polar surface area (TPSA) is 64.6 Å². The molecule has 0 atom stereocenters. The molecule has 5 nitrogen and oxygen atoms in total. The number of benzene rings is 3. The molecule has 0 aliphatic rings. The van der Waals surface area contributed by atoms with E-state index in [0.29, 0.717) is 22.4 Å². The summed E-state index contributed by atoms with van der Waals surface area (Å²) < 4.78 is 24.2. The molecule has 3 aromatic carbocycles. The van der Waals surface area contributed by atoms with E-state index < -0.39 is 24.3 Å². The predicted molar refractivity (Wildman–Crippen MR) is 117 cm³/mol. The van der Waals surface area contributed by atoms with Gasteiger partial charge in [0.25, 0.3) is 5.91 Å². The average molecular weight is 419 g/mol. The highest BCUT2D eigenvalue weighted by molar-refractivity contribution is 6.22. The molecular formula is C25H22FNO4. The number of hydrogen-bond donors (Lipinski definition) is 1. The van der Waals surface area contributed by atoms with Crippen molar-refractivity contribution in [3.05, 3.63) is 101 Å². The van der Waals surface area contributed by atoms with Crippen LogP contribution in [0.25, 0.3) is 11.6 Å². The number of esters is 1. The van der Waals surface area contributed by atoms with Gasteiger partial charge in [-0.05, 0) is 23.8 Å². The molecule has 31 heavy (non-hydrogen) atoms. The van der Waals surface area contributed by atoms with Crippen LogP contribution in [0.15, 0.2) is 78.9 Å². The molecule has 6 heteroatoms. The smallest absolute Gasteiger partial charge is 0.339 e. The molecule has 0 aromatic heterocycles. The molecule has 0 heterocycles. The zero-order valence-electron chi connectivity index (χ0n) is 17.0. The highest BCUT2D eigenvalue weighted by Gasteiger charge is 2.16. The number of methoxy groups -OCH3 is 1. The van der Waals surface area contributed by atoms with E-state index in [2.05, 4.69) is 5.32 Å². The fraction of sp³-hybridized carbons (Fsp3) is 0.120. The summed E-state index contributed by atoms with van der Waals surface area (Å²) in [7, 11) is 1.55. The van der Waals surface area contributed by atoms with E-state index in [1.807, 2.05) is 24.3 Å². The minimum atomic E-state index is -0.654. The van der Waals surface area contributed by atoms with Crippen molar-refractivity contribution in [3.63, 3.8) is 0 Å². The molecule has 0 radical (unpaired) electrons. The third kappa shape index (κ3) is 6.02. The molecule has 0 fully saturated rings. The number of amides is 1. The lowest BCUT2D eigenvalue weighted by atomic mass is 10.0. The van der Waals surface area contributed by atoms with Gasteiger partial charge in [-0.25, -0.2) is 9.18 Å². The van der Waals surface area contributed by atoms with E-state index in [1.54, 1.807) is 61.7 Å². The van der Waals surface area contributed by atoms with Crippen LogP contribution in [0.5, 0.6) is 5.75 Å².